The highest BCUT2D eigenvalue weighted by atomic mass is 35.5. The van der Waals surface area contributed by atoms with Gasteiger partial charge in [0.25, 0.3) is 5.91 Å². The minimum absolute atomic E-state index is 0.0138. The van der Waals surface area contributed by atoms with Crippen LogP contribution in [-0.4, -0.2) is 57.4 Å². The molecule has 1 N–H and O–H groups in total. The van der Waals surface area contributed by atoms with Gasteiger partial charge in [-0.1, -0.05) is 18.3 Å². The van der Waals surface area contributed by atoms with E-state index in [0.29, 0.717) is 5.04 Å². The Balaban J connectivity index is 2.15. The van der Waals surface area contributed by atoms with Crippen LogP contribution >= 0.6 is 23.4 Å². The van der Waals surface area contributed by atoms with E-state index in [-0.39, 0.29) is 22.7 Å². The van der Waals surface area contributed by atoms with Crippen molar-refractivity contribution in [1.82, 2.24) is 4.90 Å². The number of amides is 1. The lowest BCUT2D eigenvalue weighted by atomic mass is 10.00. The summed E-state index contributed by atoms with van der Waals surface area (Å²) in [4.78, 5) is 28.9. The average Bonchev–Trinajstić information content (AvgIpc) is 2.80. The third-order valence-corrected chi connectivity index (χ3v) is 4.53. The largest absolute Gasteiger partial charge is 0.504 e. The number of fused-ring (bicyclic) bond motifs is 1. The minimum atomic E-state index is -1.14. The van der Waals surface area contributed by atoms with Gasteiger partial charge in [0.15, 0.2) is 12.1 Å². The number of β-lactam (4-membered cyclic amide) rings is 1. The number of methoxy groups -OCH3 is 1. The van der Waals surface area contributed by atoms with Gasteiger partial charge in [-0.15, -0.1) is 11.6 Å². The van der Waals surface area contributed by atoms with Crippen molar-refractivity contribution >= 4 is 40.3 Å². The zero-order valence-electron chi connectivity index (χ0n) is 10.7. The Labute approximate surface area is 125 Å². The summed E-state index contributed by atoms with van der Waals surface area (Å²) < 4.78 is 4.79. The van der Waals surface area contributed by atoms with Crippen molar-refractivity contribution in [2.24, 2.45) is 4.99 Å². The first-order chi connectivity index (χ1) is 9.51. The average molecular weight is 317 g/mol. The van der Waals surface area contributed by atoms with Gasteiger partial charge in [0.1, 0.15) is 5.37 Å². The van der Waals surface area contributed by atoms with Crippen LogP contribution in [-0.2, 0) is 14.3 Å². The van der Waals surface area contributed by atoms with E-state index < -0.39 is 18.1 Å². The van der Waals surface area contributed by atoms with Crippen LogP contribution in [0.3, 0.4) is 0 Å². The van der Waals surface area contributed by atoms with Crippen LogP contribution in [0.1, 0.15) is 0 Å². The number of aliphatic carboxylic acids is 1. The molecule has 8 heteroatoms. The van der Waals surface area contributed by atoms with Crippen molar-refractivity contribution in [3.05, 3.63) is 24.5 Å². The molecule has 3 unspecified atom stereocenters. The Hall–Kier alpha value is -1.47. The quantitative estimate of drug-likeness (QED) is 0.343. The number of carbonyl (C=O) groups is 2. The van der Waals surface area contributed by atoms with E-state index in [1.54, 1.807) is 6.08 Å². The highest BCUT2D eigenvalue weighted by molar-refractivity contribution is 8.15. The summed E-state index contributed by atoms with van der Waals surface area (Å²) in [6.45, 7) is 3.63. The Morgan fingerprint density at radius 1 is 1.75 bits per heavy atom. The van der Waals surface area contributed by atoms with Gasteiger partial charge in [-0.25, -0.2) is 4.79 Å². The molecular weight excluding hydrogens is 304 g/mol. The first kappa shape index (κ1) is 14.9. The maximum Gasteiger partial charge on any atom is 0.330 e. The van der Waals surface area contributed by atoms with Crippen LogP contribution in [0.5, 0.6) is 0 Å². The molecule has 2 rings (SSSR count). The van der Waals surface area contributed by atoms with Gasteiger partial charge >= 0.3 is 5.97 Å². The van der Waals surface area contributed by atoms with Crippen LogP contribution in [0.4, 0.5) is 0 Å². The second-order valence-corrected chi connectivity index (χ2v) is 5.64. The fourth-order valence-electron chi connectivity index (χ4n) is 2.05. The van der Waals surface area contributed by atoms with Crippen molar-refractivity contribution in [3.63, 3.8) is 0 Å². The number of alkyl halides is 1. The molecule has 2 aliphatic heterocycles. The Kier molecular flexibility index (Phi) is 4.39. The molecule has 3 atom stereocenters. The summed E-state index contributed by atoms with van der Waals surface area (Å²) in [5, 5.41) is 9.58. The lowest BCUT2D eigenvalue weighted by molar-refractivity contribution is -0.157. The maximum absolute atomic E-state index is 12.0. The first-order valence-corrected chi connectivity index (χ1v) is 7.15. The smallest absolute Gasteiger partial charge is 0.330 e. The molecule has 0 spiro atoms. The van der Waals surface area contributed by atoms with Crippen molar-refractivity contribution < 1.29 is 19.4 Å². The summed E-state index contributed by atoms with van der Waals surface area (Å²) in [5.74, 6) is -1.47. The van der Waals surface area contributed by atoms with Crippen LogP contribution < -0.4 is 0 Å². The highest BCUT2D eigenvalue weighted by Crippen LogP contribution is 2.41. The van der Waals surface area contributed by atoms with Gasteiger partial charge in [-0.3, -0.25) is 9.79 Å². The summed E-state index contributed by atoms with van der Waals surface area (Å²) >= 11 is 6.97. The molecule has 1 fully saturated rings. The zero-order valence-corrected chi connectivity index (χ0v) is 12.2. The van der Waals surface area contributed by atoms with E-state index in [4.69, 9.17) is 16.3 Å². The second-order valence-electron chi connectivity index (χ2n) is 4.24. The number of carbonyl (C=O) groups excluding carboxylic acids is 1. The summed E-state index contributed by atoms with van der Waals surface area (Å²) in [6, 6.07) is -1.63. The van der Waals surface area contributed by atoms with Gasteiger partial charge < -0.3 is 14.7 Å². The normalized spacial score (nSPS) is 26.0. The predicted molar refractivity (Wildman–Crippen MR) is 76.9 cm³/mol. The SMILES string of the molecule is C=C(CCl)C(C(=O)O)N1C(=O)C2N=C(C=COC)SC21. The molecule has 0 aromatic carbocycles. The topological polar surface area (TPSA) is 79.2 Å². The van der Waals surface area contributed by atoms with Gasteiger partial charge in [0, 0.05) is 12.0 Å². The molecule has 1 amide bonds. The molecule has 1 saturated heterocycles. The zero-order chi connectivity index (χ0) is 14.9. The van der Waals surface area contributed by atoms with Gasteiger partial charge in [-0.2, -0.15) is 0 Å². The van der Waals surface area contributed by atoms with Crippen LogP contribution in [0.15, 0.2) is 29.5 Å². The van der Waals surface area contributed by atoms with Gasteiger partial charge in [-0.05, 0) is 5.57 Å². The fraction of sp³-hybridized carbons (Fsp3) is 0.417. The number of likely N-dealkylation sites (tertiary alicyclic amines) is 1. The number of carboxylic acids is 1. The number of hydrogen-bond acceptors (Lipinski definition) is 5. The Morgan fingerprint density at radius 2 is 2.45 bits per heavy atom. The molecule has 6 nitrogen and oxygen atoms in total. The van der Waals surface area contributed by atoms with Crippen molar-refractivity contribution in [2.75, 3.05) is 13.0 Å². The molecule has 0 radical (unpaired) electrons. The molecule has 20 heavy (non-hydrogen) atoms. The number of hydrogen-bond donors (Lipinski definition) is 1. The molecular formula is C12H13ClN2O4S. The summed E-state index contributed by atoms with van der Waals surface area (Å²) in [7, 11) is 1.51. The monoisotopic (exact) mass is 316 g/mol. The molecule has 0 bridgehead atoms. The van der Waals surface area contributed by atoms with E-state index in [0.717, 1.165) is 0 Å². The van der Waals surface area contributed by atoms with Crippen LogP contribution in [0.25, 0.3) is 0 Å². The summed E-state index contributed by atoms with van der Waals surface area (Å²) in [6.07, 6.45) is 3.10. The molecule has 0 aromatic heterocycles. The molecule has 0 aromatic rings. The number of halogens is 1. The minimum Gasteiger partial charge on any atom is -0.504 e. The number of nitrogens with zero attached hydrogens (tertiary/aromatic N) is 2. The second kappa shape index (κ2) is 5.88. The number of rotatable bonds is 6. The van der Waals surface area contributed by atoms with Crippen molar-refractivity contribution in [1.29, 1.82) is 0 Å². The molecule has 108 valence electrons. The predicted octanol–water partition coefficient (Wildman–Crippen LogP) is 1.08. The van der Waals surface area contributed by atoms with Crippen LogP contribution in [0, 0.1) is 0 Å². The third-order valence-electron chi connectivity index (χ3n) is 2.98. The van der Waals surface area contributed by atoms with Gasteiger partial charge in [0.05, 0.1) is 18.4 Å². The van der Waals surface area contributed by atoms with E-state index >= 15 is 0 Å². The fourth-order valence-corrected chi connectivity index (χ4v) is 3.40. The number of thioether (sulfide) groups is 1. The molecule has 0 aliphatic carbocycles. The number of carboxylic acid groups (broad SMARTS) is 1. The van der Waals surface area contributed by atoms with Gasteiger partial charge in [0.2, 0.25) is 0 Å². The van der Waals surface area contributed by atoms with E-state index in [9.17, 15) is 14.7 Å². The van der Waals surface area contributed by atoms with Crippen LogP contribution in [0.2, 0.25) is 0 Å². The highest BCUT2D eigenvalue weighted by Gasteiger charge is 2.56. The Morgan fingerprint density at radius 3 is 3.00 bits per heavy atom. The third kappa shape index (κ3) is 2.43. The summed E-state index contributed by atoms with van der Waals surface area (Å²) in [5.41, 5.74) is 0.285. The van der Waals surface area contributed by atoms with E-state index in [2.05, 4.69) is 11.6 Å². The molecule has 2 aliphatic rings. The molecule has 2 heterocycles. The standard InChI is InChI=1S/C12H13ClN2O4S/c1-6(5-13)9(12(17)18)15-10(16)8-11(15)20-7(14-8)3-4-19-2/h3-4,8-9,11H,1,5H2,2H3,(H,17,18). The molecule has 0 saturated carbocycles. The lowest BCUT2D eigenvalue weighted by Crippen LogP contribution is -2.66. The number of ether oxygens (including phenoxy) is 1. The lowest BCUT2D eigenvalue weighted by Gasteiger charge is -2.44. The van der Waals surface area contributed by atoms with E-state index in [1.807, 2.05) is 0 Å². The number of aliphatic imine (C=N–C) groups is 1. The Bertz CT molecular complexity index is 520. The first-order valence-electron chi connectivity index (χ1n) is 5.73. The maximum atomic E-state index is 12.0. The van der Waals surface area contributed by atoms with Crippen molar-refractivity contribution in [2.45, 2.75) is 17.5 Å². The van der Waals surface area contributed by atoms with Crippen molar-refractivity contribution in [3.8, 4) is 0 Å². The van der Waals surface area contributed by atoms with E-state index in [1.165, 1.54) is 30.0 Å².